The Labute approximate surface area is 125 Å². The van der Waals surface area contributed by atoms with Gasteiger partial charge >= 0.3 is 0 Å². The molecule has 0 radical (unpaired) electrons. The second kappa shape index (κ2) is 6.18. The molecule has 1 atom stereocenters. The van der Waals surface area contributed by atoms with Crippen LogP contribution in [0.25, 0.3) is 0 Å². The third-order valence-corrected chi connectivity index (χ3v) is 4.27. The van der Waals surface area contributed by atoms with E-state index in [4.69, 9.17) is 29.6 Å². The molecule has 0 saturated carbocycles. The summed E-state index contributed by atoms with van der Waals surface area (Å²) >= 11 is 11.3. The topological polar surface area (TPSA) is 32.5 Å². The molecular formula is C14H20ClN3S. The highest BCUT2D eigenvalue weighted by molar-refractivity contribution is 7.80. The van der Waals surface area contributed by atoms with E-state index in [1.165, 1.54) is 0 Å². The van der Waals surface area contributed by atoms with E-state index < -0.39 is 0 Å². The van der Waals surface area contributed by atoms with Gasteiger partial charge in [0.05, 0.1) is 0 Å². The maximum atomic E-state index is 6.32. The first-order chi connectivity index (χ1) is 8.97. The zero-order chi connectivity index (χ0) is 14.0. The van der Waals surface area contributed by atoms with Gasteiger partial charge in [0.2, 0.25) is 0 Å². The van der Waals surface area contributed by atoms with Crippen molar-refractivity contribution in [3.05, 3.63) is 34.3 Å². The zero-order valence-electron chi connectivity index (χ0n) is 11.4. The highest BCUT2D eigenvalue weighted by Gasteiger charge is 2.22. The monoisotopic (exact) mass is 297 g/mol. The fourth-order valence-corrected chi connectivity index (χ4v) is 2.83. The molecule has 3 nitrogen and oxygen atoms in total. The molecule has 1 aromatic carbocycles. The first-order valence-electron chi connectivity index (χ1n) is 6.48. The largest absolute Gasteiger partial charge is 0.389 e. The lowest BCUT2D eigenvalue weighted by Crippen LogP contribution is -2.49. The highest BCUT2D eigenvalue weighted by Crippen LogP contribution is 2.21. The molecule has 1 unspecified atom stereocenters. The van der Waals surface area contributed by atoms with Crippen LogP contribution in [0.2, 0.25) is 5.02 Å². The Balaban J connectivity index is 2.09. The van der Waals surface area contributed by atoms with Crippen LogP contribution in [0.4, 0.5) is 0 Å². The fourth-order valence-electron chi connectivity index (χ4n) is 2.46. The van der Waals surface area contributed by atoms with Gasteiger partial charge in [-0.2, -0.15) is 0 Å². The zero-order valence-corrected chi connectivity index (χ0v) is 13.0. The van der Waals surface area contributed by atoms with E-state index in [2.05, 4.69) is 23.8 Å². The van der Waals surface area contributed by atoms with E-state index in [9.17, 15) is 0 Å². The van der Waals surface area contributed by atoms with Crippen LogP contribution in [0, 0.1) is 0 Å². The molecule has 0 bridgehead atoms. The predicted octanol–water partition coefficient (Wildman–Crippen LogP) is 2.11. The van der Waals surface area contributed by atoms with Gasteiger partial charge in [-0.25, -0.2) is 0 Å². The normalized spacial score (nSPS) is 21.5. The molecule has 0 amide bonds. The van der Waals surface area contributed by atoms with Crippen LogP contribution in [-0.4, -0.2) is 47.5 Å². The van der Waals surface area contributed by atoms with Gasteiger partial charge < -0.3 is 10.6 Å². The Morgan fingerprint density at radius 1 is 1.47 bits per heavy atom. The molecule has 1 aliphatic rings. The van der Waals surface area contributed by atoms with E-state index in [-0.39, 0.29) is 0 Å². The minimum atomic E-state index is 0.390. The van der Waals surface area contributed by atoms with Crippen molar-refractivity contribution in [2.24, 2.45) is 5.73 Å². The molecule has 5 heteroatoms. The Morgan fingerprint density at radius 2 is 2.21 bits per heavy atom. The lowest BCUT2D eigenvalue weighted by Gasteiger charge is -2.38. The summed E-state index contributed by atoms with van der Waals surface area (Å²) in [5, 5.41) is 0.747. The molecule has 104 valence electrons. The first-order valence-corrected chi connectivity index (χ1v) is 7.27. The molecule has 1 aromatic rings. The van der Waals surface area contributed by atoms with Crippen molar-refractivity contribution in [3.63, 3.8) is 0 Å². The molecule has 1 heterocycles. The molecular weight excluding hydrogens is 278 g/mol. The van der Waals surface area contributed by atoms with Crippen LogP contribution in [-0.2, 0) is 6.54 Å². The van der Waals surface area contributed by atoms with Gasteiger partial charge in [0, 0.05) is 42.8 Å². The second-order valence-corrected chi connectivity index (χ2v) is 6.10. The quantitative estimate of drug-likeness (QED) is 0.866. The number of benzene rings is 1. The summed E-state index contributed by atoms with van der Waals surface area (Å²) in [6, 6.07) is 6.39. The van der Waals surface area contributed by atoms with Crippen molar-refractivity contribution in [3.8, 4) is 0 Å². The van der Waals surface area contributed by atoms with Crippen LogP contribution in [0.15, 0.2) is 18.2 Å². The number of nitrogens with zero attached hydrogens (tertiary/aromatic N) is 2. The van der Waals surface area contributed by atoms with Gasteiger partial charge in [-0.15, -0.1) is 0 Å². The highest BCUT2D eigenvalue weighted by atomic mass is 35.5. The summed E-state index contributed by atoms with van der Waals surface area (Å²) in [6.07, 6.45) is 0. The Hall–Kier alpha value is -0.680. The van der Waals surface area contributed by atoms with Crippen LogP contribution < -0.4 is 5.73 Å². The summed E-state index contributed by atoms with van der Waals surface area (Å²) < 4.78 is 0. The SMILES string of the molecule is CC1CN(C)CCN1Cc1ccc(C(N)=S)cc1Cl. The molecule has 19 heavy (non-hydrogen) atoms. The third-order valence-electron chi connectivity index (χ3n) is 3.68. The number of hydrogen-bond acceptors (Lipinski definition) is 3. The lowest BCUT2D eigenvalue weighted by atomic mass is 10.1. The Morgan fingerprint density at radius 3 is 2.79 bits per heavy atom. The van der Waals surface area contributed by atoms with Gasteiger partial charge in [-0.1, -0.05) is 36.0 Å². The summed E-state index contributed by atoms with van der Waals surface area (Å²) in [7, 11) is 2.16. The molecule has 1 aliphatic heterocycles. The Kier molecular flexibility index (Phi) is 4.79. The minimum absolute atomic E-state index is 0.390. The standard InChI is InChI=1S/C14H20ClN3S/c1-10-8-17(2)5-6-18(10)9-12-4-3-11(14(16)19)7-13(12)15/h3-4,7,10H,5-6,8-9H2,1-2H3,(H2,16,19). The van der Waals surface area contributed by atoms with Crippen molar-refractivity contribution >= 4 is 28.8 Å². The summed E-state index contributed by atoms with van der Waals surface area (Å²) in [5.74, 6) is 0. The van der Waals surface area contributed by atoms with Gasteiger partial charge in [-0.3, -0.25) is 4.90 Å². The number of thiocarbonyl (C=S) groups is 1. The number of hydrogen-bond donors (Lipinski definition) is 1. The lowest BCUT2D eigenvalue weighted by molar-refractivity contribution is 0.0938. The van der Waals surface area contributed by atoms with Crippen LogP contribution in [0.1, 0.15) is 18.1 Å². The number of nitrogens with two attached hydrogens (primary N) is 1. The summed E-state index contributed by atoms with van der Waals surface area (Å²) in [5.41, 5.74) is 7.58. The van der Waals surface area contributed by atoms with Crippen LogP contribution in [0.5, 0.6) is 0 Å². The van der Waals surface area contributed by atoms with Gasteiger partial charge in [0.1, 0.15) is 4.99 Å². The van der Waals surface area contributed by atoms with Crippen molar-refractivity contribution in [1.29, 1.82) is 0 Å². The van der Waals surface area contributed by atoms with Crippen molar-refractivity contribution in [1.82, 2.24) is 9.80 Å². The van der Waals surface area contributed by atoms with Crippen molar-refractivity contribution in [2.75, 3.05) is 26.7 Å². The van der Waals surface area contributed by atoms with Gasteiger partial charge in [0.25, 0.3) is 0 Å². The minimum Gasteiger partial charge on any atom is -0.389 e. The number of halogens is 1. The van der Waals surface area contributed by atoms with E-state index in [1.807, 2.05) is 18.2 Å². The molecule has 0 spiro atoms. The molecule has 1 fully saturated rings. The van der Waals surface area contributed by atoms with Crippen LogP contribution in [0.3, 0.4) is 0 Å². The molecule has 0 aromatic heterocycles. The van der Waals surface area contributed by atoms with E-state index in [1.54, 1.807) is 0 Å². The maximum absolute atomic E-state index is 6.32. The van der Waals surface area contributed by atoms with E-state index in [0.29, 0.717) is 11.0 Å². The summed E-state index contributed by atoms with van der Waals surface area (Å²) in [4.78, 5) is 5.21. The van der Waals surface area contributed by atoms with Crippen molar-refractivity contribution in [2.45, 2.75) is 19.5 Å². The van der Waals surface area contributed by atoms with Gasteiger partial charge in [0.15, 0.2) is 0 Å². The Bertz CT molecular complexity index is 478. The van der Waals surface area contributed by atoms with Crippen LogP contribution >= 0.6 is 23.8 Å². The first kappa shape index (κ1) is 14.7. The van der Waals surface area contributed by atoms with Crippen molar-refractivity contribution < 1.29 is 0 Å². The average molecular weight is 298 g/mol. The number of rotatable bonds is 3. The second-order valence-electron chi connectivity index (χ2n) is 5.25. The maximum Gasteiger partial charge on any atom is 0.104 e. The number of piperazine rings is 1. The fraction of sp³-hybridized carbons (Fsp3) is 0.500. The molecule has 0 aliphatic carbocycles. The molecule has 1 saturated heterocycles. The van der Waals surface area contributed by atoms with E-state index in [0.717, 1.165) is 42.3 Å². The van der Waals surface area contributed by atoms with E-state index >= 15 is 0 Å². The molecule has 2 N–H and O–H groups in total. The molecule has 2 rings (SSSR count). The number of likely N-dealkylation sites (N-methyl/N-ethyl adjacent to an activating group) is 1. The van der Waals surface area contributed by atoms with Gasteiger partial charge in [-0.05, 0) is 25.6 Å². The predicted molar refractivity (Wildman–Crippen MR) is 84.7 cm³/mol. The summed E-state index contributed by atoms with van der Waals surface area (Å²) in [6.45, 7) is 6.42. The third kappa shape index (κ3) is 3.66. The average Bonchev–Trinajstić information content (AvgIpc) is 2.34. The smallest absolute Gasteiger partial charge is 0.104 e.